The summed E-state index contributed by atoms with van der Waals surface area (Å²) in [5, 5.41) is 9.30. The summed E-state index contributed by atoms with van der Waals surface area (Å²) < 4.78 is 13.3. The molecule has 1 aromatic carbocycles. The summed E-state index contributed by atoms with van der Waals surface area (Å²) in [5.41, 5.74) is 4.67. The first-order valence-corrected chi connectivity index (χ1v) is 4.71. The van der Waals surface area contributed by atoms with Crippen molar-refractivity contribution in [3.05, 3.63) is 39.7 Å². The Morgan fingerprint density at radius 2 is 2.25 bits per heavy atom. The molecule has 0 saturated carbocycles. The Balaban J connectivity index is 2.91. The van der Waals surface area contributed by atoms with Crippen molar-refractivity contribution in [3.63, 3.8) is 0 Å². The van der Waals surface area contributed by atoms with Crippen LogP contribution in [0.4, 0.5) is 10.1 Å². The normalized spacial score (nSPS) is 12.1. The molecular formula is C9H8ClFN2O3. The predicted octanol–water partition coefficient (Wildman–Crippen LogP) is 1.37. The number of nitrogens with two attached hydrogens (primary N) is 1. The Kier molecular flexibility index (Phi) is 3.78. The maximum atomic E-state index is 13.3. The van der Waals surface area contributed by atoms with E-state index in [-0.39, 0.29) is 17.7 Å². The minimum Gasteiger partial charge on any atom is -0.368 e. The highest BCUT2D eigenvalue weighted by Crippen LogP contribution is 2.18. The van der Waals surface area contributed by atoms with E-state index in [1.54, 1.807) is 0 Å². The molecule has 1 amide bonds. The largest absolute Gasteiger partial charge is 0.368 e. The molecule has 0 aromatic heterocycles. The topological polar surface area (TPSA) is 86.2 Å². The van der Waals surface area contributed by atoms with E-state index in [1.165, 1.54) is 6.07 Å². The Labute approximate surface area is 95.1 Å². The highest BCUT2D eigenvalue weighted by Gasteiger charge is 2.16. The van der Waals surface area contributed by atoms with E-state index in [1.807, 2.05) is 0 Å². The number of amides is 1. The van der Waals surface area contributed by atoms with E-state index in [2.05, 4.69) is 0 Å². The second-order valence-electron chi connectivity index (χ2n) is 3.11. The van der Waals surface area contributed by atoms with Crippen LogP contribution in [0.5, 0.6) is 0 Å². The molecule has 0 aliphatic heterocycles. The van der Waals surface area contributed by atoms with Crippen LogP contribution in [0, 0.1) is 15.9 Å². The van der Waals surface area contributed by atoms with Gasteiger partial charge in [0.2, 0.25) is 5.91 Å². The Hall–Kier alpha value is -1.69. The lowest BCUT2D eigenvalue weighted by atomic mass is 10.1. The van der Waals surface area contributed by atoms with Crippen LogP contribution >= 0.6 is 11.6 Å². The molecule has 0 saturated heterocycles. The van der Waals surface area contributed by atoms with Crippen LogP contribution in [-0.2, 0) is 11.2 Å². The molecule has 0 aliphatic carbocycles. The van der Waals surface area contributed by atoms with Crippen LogP contribution in [0.3, 0.4) is 0 Å². The minimum atomic E-state index is -1.03. The van der Waals surface area contributed by atoms with E-state index in [0.717, 1.165) is 12.1 Å². The average Bonchev–Trinajstić information content (AvgIpc) is 2.20. The van der Waals surface area contributed by atoms with Gasteiger partial charge in [-0.3, -0.25) is 14.9 Å². The van der Waals surface area contributed by atoms with Crippen LogP contribution in [0.15, 0.2) is 18.2 Å². The first kappa shape index (κ1) is 12.4. The van der Waals surface area contributed by atoms with Gasteiger partial charge in [0.25, 0.3) is 5.69 Å². The van der Waals surface area contributed by atoms with Gasteiger partial charge in [-0.15, -0.1) is 11.6 Å². The number of benzene rings is 1. The molecule has 0 aliphatic rings. The lowest BCUT2D eigenvalue weighted by Gasteiger charge is -2.05. The fourth-order valence-corrected chi connectivity index (χ4v) is 1.28. The summed E-state index contributed by atoms with van der Waals surface area (Å²) in [7, 11) is 0. The van der Waals surface area contributed by atoms with E-state index >= 15 is 0 Å². The molecule has 16 heavy (non-hydrogen) atoms. The molecule has 1 unspecified atom stereocenters. The van der Waals surface area contributed by atoms with Gasteiger partial charge in [0.15, 0.2) is 0 Å². The van der Waals surface area contributed by atoms with Crippen molar-refractivity contribution in [2.24, 2.45) is 5.73 Å². The zero-order valence-electron chi connectivity index (χ0n) is 8.02. The highest BCUT2D eigenvalue weighted by atomic mass is 35.5. The van der Waals surface area contributed by atoms with Crippen molar-refractivity contribution in [1.29, 1.82) is 0 Å². The molecule has 1 atom stereocenters. The Morgan fingerprint density at radius 1 is 1.62 bits per heavy atom. The van der Waals surface area contributed by atoms with Gasteiger partial charge in [-0.2, -0.15) is 0 Å². The molecule has 1 rings (SSSR count). The van der Waals surface area contributed by atoms with Gasteiger partial charge < -0.3 is 5.73 Å². The number of nitro benzene ring substituents is 1. The predicted molar refractivity (Wildman–Crippen MR) is 55.6 cm³/mol. The number of nitro groups is 1. The summed E-state index contributed by atoms with van der Waals surface area (Å²) in [5.74, 6) is -1.54. The third-order valence-electron chi connectivity index (χ3n) is 1.96. The second-order valence-corrected chi connectivity index (χ2v) is 3.63. The van der Waals surface area contributed by atoms with Crippen molar-refractivity contribution < 1.29 is 14.1 Å². The molecule has 5 nitrogen and oxygen atoms in total. The number of rotatable bonds is 4. The molecule has 0 spiro atoms. The molecule has 0 radical (unpaired) electrons. The molecular weight excluding hydrogens is 239 g/mol. The standard InChI is InChI=1S/C9H8ClFN2O3/c10-7(9(12)14)3-5-1-2-6(13(15)16)4-8(5)11/h1-2,4,7H,3H2,(H2,12,14). The summed E-state index contributed by atoms with van der Waals surface area (Å²) in [6.45, 7) is 0. The van der Waals surface area contributed by atoms with Crippen LogP contribution in [0.25, 0.3) is 0 Å². The van der Waals surface area contributed by atoms with Crippen molar-refractivity contribution in [2.75, 3.05) is 0 Å². The molecule has 2 N–H and O–H groups in total. The van der Waals surface area contributed by atoms with Gasteiger partial charge in [-0.1, -0.05) is 0 Å². The van der Waals surface area contributed by atoms with Crippen molar-refractivity contribution in [3.8, 4) is 0 Å². The van der Waals surface area contributed by atoms with Gasteiger partial charge in [0.05, 0.1) is 11.0 Å². The van der Waals surface area contributed by atoms with E-state index in [9.17, 15) is 19.3 Å². The lowest BCUT2D eigenvalue weighted by Crippen LogP contribution is -2.25. The molecule has 7 heteroatoms. The zero-order chi connectivity index (χ0) is 12.3. The third kappa shape index (κ3) is 2.90. The van der Waals surface area contributed by atoms with Gasteiger partial charge >= 0.3 is 0 Å². The van der Waals surface area contributed by atoms with E-state index in [0.29, 0.717) is 0 Å². The van der Waals surface area contributed by atoms with Gasteiger partial charge in [-0.25, -0.2) is 4.39 Å². The number of halogens is 2. The molecule has 0 fully saturated rings. The summed E-state index contributed by atoms with van der Waals surface area (Å²) in [6, 6.07) is 3.13. The van der Waals surface area contributed by atoms with Crippen molar-refractivity contribution >= 4 is 23.2 Å². The number of hydrogen-bond acceptors (Lipinski definition) is 3. The average molecular weight is 247 g/mol. The number of nitrogens with zero attached hydrogens (tertiary/aromatic N) is 1. The lowest BCUT2D eigenvalue weighted by molar-refractivity contribution is -0.385. The number of primary amides is 1. The first-order valence-electron chi connectivity index (χ1n) is 4.28. The zero-order valence-corrected chi connectivity index (χ0v) is 8.78. The van der Waals surface area contributed by atoms with E-state index < -0.39 is 22.0 Å². The first-order chi connectivity index (χ1) is 7.41. The van der Waals surface area contributed by atoms with Gasteiger partial charge in [-0.05, 0) is 11.6 Å². The number of hydrogen-bond donors (Lipinski definition) is 1. The molecule has 86 valence electrons. The summed E-state index contributed by atoms with van der Waals surface area (Å²) in [4.78, 5) is 20.3. The number of carbonyl (C=O) groups is 1. The molecule has 0 heterocycles. The summed E-state index contributed by atoms with van der Waals surface area (Å²) in [6.07, 6.45) is -0.0965. The molecule has 1 aromatic rings. The molecule has 0 bridgehead atoms. The van der Waals surface area contributed by atoms with Crippen molar-refractivity contribution in [2.45, 2.75) is 11.8 Å². The van der Waals surface area contributed by atoms with Gasteiger partial charge in [0.1, 0.15) is 11.2 Å². The highest BCUT2D eigenvalue weighted by molar-refractivity contribution is 6.30. The summed E-state index contributed by atoms with van der Waals surface area (Å²) >= 11 is 5.55. The number of carbonyl (C=O) groups excluding carboxylic acids is 1. The van der Waals surface area contributed by atoms with Crippen LogP contribution < -0.4 is 5.73 Å². The quantitative estimate of drug-likeness (QED) is 0.494. The third-order valence-corrected chi connectivity index (χ3v) is 2.32. The van der Waals surface area contributed by atoms with E-state index in [4.69, 9.17) is 17.3 Å². The SMILES string of the molecule is NC(=O)C(Cl)Cc1ccc([N+](=O)[O-])cc1F. The Bertz CT molecular complexity index is 439. The van der Waals surface area contributed by atoms with Crippen LogP contribution in [0.2, 0.25) is 0 Å². The second kappa shape index (κ2) is 4.89. The van der Waals surface area contributed by atoms with Crippen LogP contribution in [-0.4, -0.2) is 16.2 Å². The minimum absolute atomic E-state index is 0.0965. The van der Waals surface area contributed by atoms with Crippen molar-refractivity contribution in [1.82, 2.24) is 0 Å². The smallest absolute Gasteiger partial charge is 0.272 e. The monoisotopic (exact) mass is 246 g/mol. The Morgan fingerprint density at radius 3 is 2.69 bits per heavy atom. The van der Waals surface area contributed by atoms with Crippen LogP contribution in [0.1, 0.15) is 5.56 Å². The fraction of sp³-hybridized carbons (Fsp3) is 0.222. The maximum absolute atomic E-state index is 13.3. The fourth-order valence-electron chi connectivity index (χ4n) is 1.11. The number of alkyl halides is 1. The maximum Gasteiger partial charge on any atom is 0.272 e. The number of non-ortho nitro benzene ring substituents is 1. The van der Waals surface area contributed by atoms with Gasteiger partial charge in [0, 0.05) is 12.5 Å².